The van der Waals surface area contributed by atoms with Crippen molar-refractivity contribution in [3.05, 3.63) is 42.4 Å². The lowest BCUT2D eigenvalue weighted by molar-refractivity contribution is 0.491. The van der Waals surface area contributed by atoms with Crippen molar-refractivity contribution in [3.8, 4) is 11.3 Å². The van der Waals surface area contributed by atoms with Crippen molar-refractivity contribution in [1.82, 2.24) is 10.3 Å². The lowest BCUT2D eigenvalue weighted by atomic mass is 10.2. The molecule has 0 amide bonds. The molecule has 3 rings (SSSR count). The summed E-state index contributed by atoms with van der Waals surface area (Å²) in [7, 11) is 0. The van der Waals surface area contributed by atoms with Gasteiger partial charge in [0.1, 0.15) is 0 Å². The van der Waals surface area contributed by atoms with Crippen LogP contribution in [0.5, 0.6) is 0 Å². The van der Waals surface area contributed by atoms with E-state index in [1.807, 2.05) is 36.5 Å². The molecule has 0 aliphatic heterocycles. The molecule has 0 saturated heterocycles. The van der Waals surface area contributed by atoms with Gasteiger partial charge in [0.15, 0.2) is 11.7 Å². The second-order valence-electron chi connectivity index (χ2n) is 4.82. The van der Waals surface area contributed by atoms with Gasteiger partial charge in [-0.2, -0.15) is 0 Å². The Hall–Kier alpha value is -1.61. The maximum Gasteiger partial charge on any atom is 0.194 e. The molecule has 18 heavy (non-hydrogen) atoms. The Kier molecular flexibility index (Phi) is 3.42. The Bertz CT molecular complexity index is 488. The molecule has 0 radical (unpaired) electrons. The second kappa shape index (κ2) is 5.36. The molecule has 1 aromatic carbocycles. The topological polar surface area (TPSA) is 38.1 Å². The van der Waals surface area contributed by atoms with E-state index >= 15 is 0 Å². The van der Waals surface area contributed by atoms with Crippen LogP contribution in [0.4, 0.5) is 0 Å². The molecule has 3 nitrogen and oxygen atoms in total. The highest BCUT2D eigenvalue weighted by Crippen LogP contribution is 2.20. The fourth-order valence-corrected chi connectivity index (χ4v) is 1.99. The van der Waals surface area contributed by atoms with Crippen LogP contribution in [0, 0.1) is 0 Å². The van der Waals surface area contributed by atoms with Crippen LogP contribution in [0.1, 0.15) is 25.2 Å². The van der Waals surface area contributed by atoms with Gasteiger partial charge in [0.05, 0.1) is 6.20 Å². The highest BCUT2D eigenvalue weighted by Gasteiger charge is 2.19. The molecule has 1 N–H and O–H groups in total. The zero-order chi connectivity index (χ0) is 12.2. The quantitative estimate of drug-likeness (QED) is 0.791. The Morgan fingerprint density at radius 3 is 2.83 bits per heavy atom. The molecule has 1 saturated carbocycles. The van der Waals surface area contributed by atoms with Crippen molar-refractivity contribution >= 4 is 0 Å². The van der Waals surface area contributed by atoms with Gasteiger partial charge in [-0.25, -0.2) is 4.98 Å². The number of aromatic nitrogens is 1. The molecule has 1 heterocycles. The van der Waals surface area contributed by atoms with Gasteiger partial charge in [-0.3, -0.25) is 0 Å². The highest BCUT2D eigenvalue weighted by atomic mass is 16.4. The summed E-state index contributed by atoms with van der Waals surface area (Å²) in [6.45, 7) is 1.06. The smallest absolute Gasteiger partial charge is 0.194 e. The van der Waals surface area contributed by atoms with E-state index in [1.54, 1.807) is 0 Å². The average Bonchev–Trinajstić information content (AvgIpc) is 3.12. The van der Waals surface area contributed by atoms with E-state index in [1.165, 1.54) is 12.8 Å². The van der Waals surface area contributed by atoms with Gasteiger partial charge in [-0.05, 0) is 25.8 Å². The summed E-state index contributed by atoms with van der Waals surface area (Å²) in [5.41, 5.74) is 1.09. The van der Waals surface area contributed by atoms with Crippen molar-refractivity contribution in [1.29, 1.82) is 0 Å². The van der Waals surface area contributed by atoms with E-state index in [2.05, 4.69) is 10.3 Å². The number of rotatable bonds is 6. The van der Waals surface area contributed by atoms with Crippen LogP contribution in [0.2, 0.25) is 0 Å². The minimum atomic E-state index is 0.787. The van der Waals surface area contributed by atoms with Crippen molar-refractivity contribution in [2.24, 2.45) is 0 Å². The summed E-state index contributed by atoms with van der Waals surface area (Å²) < 4.78 is 5.75. The zero-order valence-electron chi connectivity index (χ0n) is 10.4. The number of oxazole rings is 1. The van der Waals surface area contributed by atoms with Crippen molar-refractivity contribution in [2.45, 2.75) is 31.7 Å². The monoisotopic (exact) mass is 242 g/mol. The third kappa shape index (κ3) is 2.99. The van der Waals surface area contributed by atoms with Crippen LogP contribution in [-0.4, -0.2) is 17.6 Å². The minimum absolute atomic E-state index is 0.787. The molecular formula is C15H18N2O. The summed E-state index contributed by atoms with van der Waals surface area (Å²) in [4.78, 5) is 4.33. The van der Waals surface area contributed by atoms with E-state index in [-0.39, 0.29) is 0 Å². The summed E-state index contributed by atoms with van der Waals surface area (Å²) in [5, 5.41) is 3.50. The molecule has 0 spiro atoms. The predicted molar refractivity (Wildman–Crippen MR) is 71.3 cm³/mol. The normalized spacial score (nSPS) is 14.9. The third-order valence-electron chi connectivity index (χ3n) is 3.19. The zero-order valence-corrected chi connectivity index (χ0v) is 10.4. The number of nitrogens with one attached hydrogen (secondary N) is 1. The van der Waals surface area contributed by atoms with E-state index < -0.39 is 0 Å². The first-order valence-electron chi connectivity index (χ1n) is 6.65. The van der Waals surface area contributed by atoms with Gasteiger partial charge in [0, 0.05) is 18.0 Å². The van der Waals surface area contributed by atoms with Gasteiger partial charge in [-0.15, -0.1) is 0 Å². The van der Waals surface area contributed by atoms with Gasteiger partial charge >= 0.3 is 0 Å². The van der Waals surface area contributed by atoms with E-state index in [9.17, 15) is 0 Å². The van der Waals surface area contributed by atoms with Crippen LogP contribution >= 0.6 is 0 Å². The maximum absolute atomic E-state index is 5.75. The van der Waals surface area contributed by atoms with E-state index in [0.29, 0.717) is 0 Å². The van der Waals surface area contributed by atoms with Crippen LogP contribution in [0.25, 0.3) is 11.3 Å². The number of hydrogen-bond acceptors (Lipinski definition) is 3. The molecule has 0 unspecified atom stereocenters. The second-order valence-corrected chi connectivity index (χ2v) is 4.82. The molecule has 2 aromatic rings. The SMILES string of the molecule is c1ccc(-c2cnc(CCCNC3CC3)o2)cc1. The summed E-state index contributed by atoms with van der Waals surface area (Å²) in [6.07, 6.45) is 6.51. The Balaban J connectivity index is 1.52. The fraction of sp³-hybridized carbons (Fsp3) is 0.400. The Morgan fingerprint density at radius 2 is 2.06 bits per heavy atom. The highest BCUT2D eigenvalue weighted by molar-refractivity contribution is 5.55. The minimum Gasteiger partial charge on any atom is -0.441 e. The molecule has 1 aliphatic carbocycles. The van der Waals surface area contributed by atoms with Crippen LogP contribution < -0.4 is 5.32 Å². The van der Waals surface area contributed by atoms with Gasteiger partial charge in [-0.1, -0.05) is 30.3 Å². The van der Waals surface area contributed by atoms with Crippen molar-refractivity contribution in [2.75, 3.05) is 6.54 Å². The van der Waals surface area contributed by atoms with Crippen LogP contribution in [0.15, 0.2) is 40.9 Å². The third-order valence-corrected chi connectivity index (χ3v) is 3.19. The van der Waals surface area contributed by atoms with Gasteiger partial charge in [0.25, 0.3) is 0 Å². The first-order chi connectivity index (χ1) is 8.92. The predicted octanol–water partition coefficient (Wildman–Crippen LogP) is 3.03. The molecule has 94 valence electrons. The Morgan fingerprint density at radius 1 is 1.22 bits per heavy atom. The first-order valence-corrected chi connectivity index (χ1v) is 6.65. The van der Waals surface area contributed by atoms with Gasteiger partial charge in [0.2, 0.25) is 0 Å². The molecule has 0 bridgehead atoms. The van der Waals surface area contributed by atoms with E-state index in [0.717, 1.165) is 42.6 Å². The maximum atomic E-state index is 5.75. The summed E-state index contributed by atoms with van der Waals surface area (Å²) >= 11 is 0. The lowest BCUT2D eigenvalue weighted by Gasteiger charge is -1.99. The first kappa shape index (κ1) is 11.5. The largest absolute Gasteiger partial charge is 0.441 e. The lowest BCUT2D eigenvalue weighted by Crippen LogP contribution is -2.17. The Labute approximate surface area is 107 Å². The van der Waals surface area contributed by atoms with E-state index in [4.69, 9.17) is 4.42 Å². The van der Waals surface area contributed by atoms with Gasteiger partial charge < -0.3 is 9.73 Å². The number of nitrogens with zero attached hydrogens (tertiary/aromatic N) is 1. The van der Waals surface area contributed by atoms with Crippen molar-refractivity contribution < 1.29 is 4.42 Å². The summed E-state index contributed by atoms with van der Waals surface area (Å²) in [6, 6.07) is 10.9. The number of aryl methyl sites for hydroxylation is 1. The number of benzene rings is 1. The van der Waals surface area contributed by atoms with Crippen LogP contribution in [0.3, 0.4) is 0 Å². The van der Waals surface area contributed by atoms with Crippen molar-refractivity contribution in [3.63, 3.8) is 0 Å². The average molecular weight is 242 g/mol. The molecule has 1 aliphatic rings. The molecule has 3 heteroatoms. The fourth-order valence-electron chi connectivity index (χ4n) is 1.99. The van der Waals surface area contributed by atoms with Crippen LogP contribution in [-0.2, 0) is 6.42 Å². The number of hydrogen-bond donors (Lipinski definition) is 1. The molecule has 0 atom stereocenters. The molecular weight excluding hydrogens is 224 g/mol. The summed E-state index contributed by atoms with van der Waals surface area (Å²) in [5.74, 6) is 1.70. The molecule has 1 aromatic heterocycles. The molecule has 1 fully saturated rings. The standard InChI is InChI=1S/C15H18N2O/c1-2-5-12(6-3-1)14-11-17-15(18-14)7-4-10-16-13-8-9-13/h1-3,5-6,11,13,16H,4,7-10H2.